The molecule has 0 spiro atoms. The summed E-state index contributed by atoms with van der Waals surface area (Å²) in [5.41, 5.74) is 0.464. The third-order valence-electron chi connectivity index (χ3n) is 3.31. The van der Waals surface area contributed by atoms with Crippen LogP contribution in [0.25, 0.3) is 21.7 Å². The molecular formula is C15H11ClO4. The fraction of sp³-hybridized carbons (Fsp3) is 0.133. The third-order valence-corrected chi connectivity index (χ3v) is 3.67. The SMILES string of the molecule is COc1ccc2c(c1)c(=O)oc1c(Cl)c(O)cc(C)c12. The van der Waals surface area contributed by atoms with E-state index in [-0.39, 0.29) is 16.4 Å². The molecule has 2 aromatic carbocycles. The van der Waals surface area contributed by atoms with Crippen molar-refractivity contribution < 1.29 is 14.3 Å². The molecule has 1 aromatic heterocycles. The topological polar surface area (TPSA) is 59.7 Å². The minimum absolute atomic E-state index is 0.0421. The van der Waals surface area contributed by atoms with Crippen LogP contribution in [0.4, 0.5) is 0 Å². The first kappa shape index (κ1) is 12.8. The molecule has 0 bridgehead atoms. The van der Waals surface area contributed by atoms with Gasteiger partial charge in [-0.1, -0.05) is 11.6 Å². The lowest BCUT2D eigenvalue weighted by Gasteiger charge is -2.09. The number of hydrogen-bond acceptors (Lipinski definition) is 4. The molecule has 0 aliphatic heterocycles. The van der Waals surface area contributed by atoms with Gasteiger partial charge in [-0.25, -0.2) is 4.79 Å². The summed E-state index contributed by atoms with van der Waals surface area (Å²) >= 11 is 6.02. The molecule has 0 amide bonds. The standard InChI is InChI=1S/C15H11ClO4/c1-7-5-11(17)13(16)14-12(7)9-4-3-8(19-2)6-10(9)15(18)20-14/h3-6,17H,1-2H3. The number of rotatable bonds is 1. The summed E-state index contributed by atoms with van der Waals surface area (Å²) in [6, 6.07) is 6.73. The quantitative estimate of drug-likeness (QED) is 0.549. The van der Waals surface area contributed by atoms with E-state index < -0.39 is 5.63 Å². The van der Waals surface area contributed by atoms with Crippen LogP contribution in [0.2, 0.25) is 5.02 Å². The van der Waals surface area contributed by atoms with E-state index in [0.717, 1.165) is 10.9 Å². The first-order valence-corrected chi connectivity index (χ1v) is 6.33. The summed E-state index contributed by atoms with van der Waals surface area (Å²) in [5, 5.41) is 11.6. The number of methoxy groups -OCH3 is 1. The van der Waals surface area contributed by atoms with E-state index in [9.17, 15) is 9.90 Å². The Balaban J connectivity index is 2.60. The van der Waals surface area contributed by atoms with Gasteiger partial charge in [0.2, 0.25) is 0 Å². The lowest BCUT2D eigenvalue weighted by molar-refractivity contribution is 0.415. The van der Waals surface area contributed by atoms with Gasteiger partial charge in [0.25, 0.3) is 0 Å². The number of aryl methyl sites for hydroxylation is 1. The summed E-state index contributed by atoms with van der Waals surface area (Å²) in [6.07, 6.45) is 0. The highest BCUT2D eigenvalue weighted by molar-refractivity contribution is 6.37. The van der Waals surface area contributed by atoms with Gasteiger partial charge in [0.15, 0.2) is 5.58 Å². The molecule has 20 heavy (non-hydrogen) atoms. The normalized spacial score (nSPS) is 11.2. The molecule has 3 rings (SSSR count). The van der Waals surface area contributed by atoms with Crippen molar-refractivity contribution in [3.8, 4) is 11.5 Å². The van der Waals surface area contributed by atoms with Gasteiger partial charge in [-0.3, -0.25) is 0 Å². The average molecular weight is 291 g/mol. The molecule has 0 unspecified atom stereocenters. The molecule has 1 heterocycles. The van der Waals surface area contributed by atoms with Crippen LogP contribution in [0, 0.1) is 6.92 Å². The zero-order valence-corrected chi connectivity index (χ0v) is 11.6. The maximum absolute atomic E-state index is 12.1. The van der Waals surface area contributed by atoms with Crippen LogP contribution in [0.15, 0.2) is 33.5 Å². The van der Waals surface area contributed by atoms with Crippen molar-refractivity contribution in [2.45, 2.75) is 6.92 Å². The molecule has 4 nitrogen and oxygen atoms in total. The Hall–Kier alpha value is -2.20. The second-order valence-electron chi connectivity index (χ2n) is 4.53. The van der Waals surface area contributed by atoms with E-state index >= 15 is 0 Å². The Bertz CT molecular complexity index is 896. The first-order chi connectivity index (χ1) is 9.52. The minimum atomic E-state index is -0.515. The van der Waals surface area contributed by atoms with Crippen molar-refractivity contribution in [1.29, 1.82) is 0 Å². The van der Waals surface area contributed by atoms with Crippen molar-refractivity contribution >= 4 is 33.3 Å². The van der Waals surface area contributed by atoms with Crippen molar-refractivity contribution in [2.24, 2.45) is 0 Å². The zero-order valence-electron chi connectivity index (χ0n) is 10.9. The monoisotopic (exact) mass is 290 g/mol. The summed E-state index contributed by atoms with van der Waals surface area (Å²) in [4.78, 5) is 12.1. The van der Waals surface area contributed by atoms with Crippen molar-refractivity contribution in [2.75, 3.05) is 7.11 Å². The minimum Gasteiger partial charge on any atom is -0.506 e. The highest BCUT2D eigenvalue weighted by atomic mass is 35.5. The molecule has 3 aromatic rings. The van der Waals surface area contributed by atoms with Gasteiger partial charge < -0.3 is 14.3 Å². The molecule has 1 N–H and O–H groups in total. The van der Waals surface area contributed by atoms with Crippen molar-refractivity contribution in [3.63, 3.8) is 0 Å². The summed E-state index contributed by atoms with van der Waals surface area (Å²) in [7, 11) is 1.53. The number of fused-ring (bicyclic) bond motifs is 3. The van der Waals surface area contributed by atoms with E-state index in [1.807, 2.05) is 6.92 Å². The van der Waals surface area contributed by atoms with Gasteiger partial charge in [0.05, 0.1) is 12.5 Å². The van der Waals surface area contributed by atoms with Crippen LogP contribution >= 0.6 is 11.6 Å². The highest BCUT2D eigenvalue weighted by Crippen LogP contribution is 2.37. The molecular weight excluding hydrogens is 280 g/mol. The largest absolute Gasteiger partial charge is 0.506 e. The van der Waals surface area contributed by atoms with Gasteiger partial charge in [-0.2, -0.15) is 0 Å². The van der Waals surface area contributed by atoms with Gasteiger partial charge >= 0.3 is 5.63 Å². The van der Waals surface area contributed by atoms with Crippen LogP contribution in [0.1, 0.15) is 5.56 Å². The van der Waals surface area contributed by atoms with Crippen LogP contribution in [-0.2, 0) is 0 Å². The molecule has 5 heteroatoms. The van der Waals surface area contributed by atoms with Gasteiger partial charge in [0, 0.05) is 10.8 Å². The second-order valence-corrected chi connectivity index (χ2v) is 4.91. The average Bonchev–Trinajstić information content (AvgIpc) is 2.44. The molecule has 0 fully saturated rings. The second kappa shape index (κ2) is 4.42. The number of ether oxygens (including phenoxy) is 1. The highest BCUT2D eigenvalue weighted by Gasteiger charge is 2.15. The third kappa shape index (κ3) is 1.72. The lowest BCUT2D eigenvalue weighted by atomic mass is 10.0. The molecule has 102 valence electrons. The Morgan fingerprint density at radius 2 is 2.00 bits per heavy atom. The molecule has 0 aliphatic carbocycles. The maximum Gasteiger partial charge on any atom is 0.344 e. The van der Waals surface area contributed by atoms with E-state index in [0.29, 0.717) is 16.5 Å². The molecule has 0 saturated carbocycles. The lowest BCUT2D eigenvalue weighted by Crippen LogP contribution is -2.01. The van der Waals surface area contributed by atoms with E-state index in [2.05, 4.69) is 0 Å². The Labute approximate surface area is 119 Å². The van der Waals surface area contributed by atoms with Gasteiger partial charge in [-0.05, 0) is 36.8 Å². The fourth-order valence-corrected chi connectivity index (χ4v) is 2.55. The van der Waals surface area contributed by atoms with Gasteiger partial charge in [0.1, 0.15) is 16.5 Å². The summed E-state index contributed by atoms with van der Waals surface area (Å²) < 4.78 is 10.4. The van der Waals surface area contributed by atoms with Crippen LogP contribution < -0.4 is 10.4 Å². The Morgan fingerprint density at radius 1 is 1.25 bits per heavy atom. The van der Waals surface area contributed by atoms with Gasteiger partial charge in [-0.15, -0.1) is 0 Å². The maximum atomic E-state index is 12.1. The van der Waals surface area contributed by atoms with Crippen molar-refractivity contribution in [3.05, 3.63) is 45.3 Å². The molecule has 0 aliphatic rings. The smallest absolute Gasteiger partial charge is 0.344 e. The molecule has 0 saturated heterocycles. The first-order valence-electron chi connectivity index (χ1n) is 5.95. The van der Waals surface area contributed by atoms with Crippen LogP contribution in [-0.4, -0.2) is 12.2 Å². The number of aromatic hydroxyl groups is 1. The summed E-state index contributed by atoms with van der Waals surface area (Å²) in [5.74, 6) is 0.472. The molecule has 0 radical (unpaired) electrons. The number of phenols is 1. The predicted octanol–water partition coefficient (Wildman–Crippen LogP) is 3.62. The Kier molecular flexibility index (Phi) is 2.83. The van der Waals surface area contributed by atoms with Crippen LogP contribution in [0.5, 0.6) is 11.5 Å². The van der Waals surface area contributed by atoms with E-state index in [4.69, 9.17) is 20.8 Å². The van der Waals surface area contributed by atoms with Crippen LogP contribution in [0.3, 0.4) is 0 Å². The molecule has 0 atom stereocenters. The number of phenolic OH excluding ortho intramolecular Hbond substituents is 1. The van der Waals surface area contributed by atoms with Crippen molar-refractivity contribution in [1.82, 2.24) is 0 Å². The zero-order chi connectivity index (χ0) is 14.4. The Morgan fingerprint density at radius 3 is 2.70 bits per heavy atom. The number of benzene rings is 2. The number of halogens is 1. The predicted molar refractivity (Wildman–Crippen MR) is 78.0 cm³/mol. The van der Waals surface area contributed by atoms with E-state index in [1.165, 1.54) is 7.11 Å². The summed E-state index contributed by atoms with van der Waals surface area (Å²) in [6.45, 7) is 1.82. The number of hydrogen-bond donors (Lipinski definition) is 1. The fourth-order valence-electron chi connectivity index (χ4n) is 2.36. The van der Waals surface area contributed by atoms with E-state index in [1.54, 1.807) is 24.3 Å².